The Hall–Kier alpha value is -7.95. The molecule has 1 aromatic heterocycles. The summed E-state index contributed by atoms with van der Waals surface area (Å²) >= 11 is 1.49. The molecule has 3 aromatic carbocycles. The van der Waals surface area contributed by atoms with Crippen molar-refractivity contribution >= 4 is 82.2 Å². The summed E-state index contributed by atoms with van der Waals surface area (Å²) in [6.45, 7) is 24.0. The third-order valence-corrected chi connectivity index (χ3v) is 12.8. The molecule has 4 rings (SSSR count). The number of carbonyl (C=O) groups is 9. The fourth-order valence-corrected chi connectivity index (χ4v) is 6.26. The van der Waals surface area contributed by atoms with Gasteiger partial charge in [-0.15, -0.1) is 5.10 Å². The maximum Gasteiger partial charge on any atom is 0.407 e. The predicted octanol–water partition coefficient (Wildman–Crippen LogP) is 9.40. The number of fused-ring (bicyclic) bond motifs is 1. The van der Waals surface area contributed by atoms with E-state index in [9.17, 15) is 43.2 Å². The van der Waals surface area contributed by atoms with Gasteiger partial charge in [0.15, 0.2) is 0 Å². The zero-order valence-corrected chi connectivity index (χ0v) is 48.5. The highest BCUT2D eigenvalue weighted by molar-refractivity contribution is 7.99. The van der Waals surface area contributed by atoms with Gasteiger partial charge in [0.05, 0.1) is 54.3 Å². The average molecular weight is 1130 g/mol. The van der Waals surface area contributed by atoms with E-state index in [0.29, 0.717) is 54.6 Å². The number of para-hydroxylation sites is 1. The second-order valence-corrected chi connectivity index (χ2v) is 20.5. The summed E-state index contributed by atoms with van der Waals surface area (Å²) in [4.78, 5) is 112. The fraction of sp³-hybridized carbons (Fsp3) is 0.474. The van der Waals surface area contributed by atoms with Gasteiger partial charge in [0.2, 0.25) is 5.78 Å². The van der Waals surface area contributed by atoms with Gasteiger partial charge in [0.25, 0.3) is 0 Å². The number of rotatable bonds is 27. The highest BCUT2D eigenvalue weighted by Crippen LogP contribution is 2.31. The number of amides is 2. The van der Waals surface area contributed by atoms with Crippen molar-refractivity contribution in [2.75, 3.05) is 46.1 Å². The van der Waals surface area contributed by atoms with Gasteiger partial charge < -0.3 is 43.9 Å². The SMILES string of the molecule is C=CC(=O)OCCNC(=O)OCCOC(=O)C(C)(C)CC.CCC(C)(C)C(=O)OCCNC(=O)n1nnc2ccccc21.CCCOC(=O)CCC(=O)O/N=C(\C)C(=O)c1ccc(Sc2ccc(OC(=O)C(C)(C)CC)cc2)cc1. The van der Waals surface area contributed by atoms with Gasteiger partial charge in [-0.05, 0) is 135 Å². The number of carbonyl (C=O) groups excluding carboxylic acids is 9. The van der Waals surface area contributed by atoms with Crippen molar-refractivity contribution in [2.45, 2.75) is 124 Å². The van der Waals surface area contributed by atoms with Gasteiger partial charge in [-0.1, -0.05) is 68.5 Å². The Morgan fingerprint density at radius 3 is 1.74 bits per heavy atom. The summed E-state index contributed by atoms with van der Waals surface area (Å²) in [5, 5.41) is 16.3. The van der Waals surface area contributed by atoms with Crippen molar-refractivity contribution in [3.63, 3.8) is 0 Å². The third-order valence-electron chi connectivity index (χ3n) is 11.8. The molecule has 0 aliphatic carbocycles. The lowest BCUT2D eigenvalue weighted by atomic mass is 9.91. The maximum atomic E-state index is 12.6. The molecule has 0 aliphatic rings. The predicted molar refractivity (Wildman–Crippen MR) is 298 cm³/mol. The molecular formula is C57H76N6O16S. The minimum absolute atomic E-state index is 0.00112. The first-order valence-electron chi connectivity index (χ1n) is 26.0. The molecule has 0 spiro atoms. The van der Waals surface area contributed by atoms with Crippen molar-refractivity contribution in [2.24, 2.45) is 21.4 Å². The first-order chi connectivity index (χ1) is 37.8. The molecule has 0 saturated carbocycles. The summed E-state index contributed by atoms with van der Waals surface area (Å²) in [6, 6.07) is 20.9. The molecule has 0 aliphatic heterocycles. The molecule has 22 nitrogen and oxygen atoms in total. The highest BCUT2D eigenvalue weighted by atomic mass is 32.2. The van der Waals surface area contributed by atoms with Crippen LogP contribution in [0, 0.1) is 16.2 Å². The molecule has 0 radical (unpaired) electrons. The fourth-order valence-electron chi connectivity index (χ4n) is 5.44. The van der Waals surface area contributed by atoms with Crippen LogP contribution in [0.25, 0.3) is 11.0 Å². The van der Waals surface area contributed by atoms with E-state index in [1.165, 1.54) is 23.4 Å². The molecule has 4 aromatic rings. The van der Waals surface area contributed by atoms with E-state index in [4.69, 9.17) is 28.5 Å². The molecule has 0 atom stereocenters. The molecule has 0 bridgehead atoms. The molecule has 0 unspecified atom stereocenters. The summed E-state index contributed by atoms with van der Waals surface area (Å²) in [7, 11) is 0. The lowest BCUT2D eigenvalue weighted by Crippen LogP contribution is -2.34. The summed E-state index contributed by atoms with van der Waals surface area (Å²) in [5.74, 6) is -2.52. The quantitative estimate of drug-likeness (QED) is 0.00647. The highest BCUT2D eigenvalue weighted by Gasteiger charge is 2.29. The van der Waals surface area contributed by atoms with E-state index in [2.05, 4.69) is 37.4 Å². The third kappa shape index (κ3) is 24.8. The van der Waals surface area contributed by atoms with Crippen LogP contribution in [-0.2, 0) is 57.3 Å². The number of oxime groups is 1. The summed E-state index contributed by atoms with van der Waals surface area (Å²) in [6.07, 6.45) is 2.82. The summed E-state index contributed by atoms with van der Waals surface area (Å²) < 4.78 is 31.1. The van der Waals surface area contributed by atoms with E-state index < -0.39 is 46.3 Å². The topological polar surface area (TPSA) is 285 Å². The van der Waals surface area contributed by atoms with E-state index in [1.54, 1.807) is 62.4 Å². The average Bonchev–Trinajstić information content (AvgIpc) is 3.89. The molecule has 436 valence electrons. The van der Waals surface area contributed by atoms with Crippen molar-refractivity contribution in [1.82, 2.24) is 25.6 Å². The van der Waals surface area contributed by atoms with Crippen molar-refractivity contribution in [3.8, 4) is 5.75 Å². The van der Waals surface area contributed by atoms with Crippen LogP contribution in [-0.4, -0.2) is 121 Å². The second-order valence-electron chi connectivity index (χ2n) is 19.3. The zero-order chi connectivity index (χ0) is 59.9. The molecule has 1 heterocycles. The Kier molecular flexibility index (Phi) is 29.7. The molecule has 80 heavy (non-hydrogen) atoms. The number of benzene rings is 3. The monoisotopic (exact) mass is 1130 g/mol. The second kappa shape index (κ2) is 34.8. The normalized spacial score (nSPS) is 11.2. The Bertz CT molecular complexity index is 2740. The van der Waals surface area contributed by atoms with Gasteiger partial charge in [-0.2, -0.15) is 4.68 Å². The number of hydrogen-bond acceptors (Lipinski definition) is 20. The van der Waals surface area contributed by atoms with E-state index in [0.717, 1.165) is 15.9 Å². The Labute approximate surface area is 471 Å². The standard InChI is InChI=1S/C28H33NO7S.C15H20N4O3.C14H23NO6/c1-6-18-34-24(30)16-17-25(31)36-29-19(3)26(32)20-8-12-22(13-9-20)37-23-14-10-21(11-15-23)35-27(33)28(4,5)7-2;1-4-15(2,3)13(20)22-10-9-16-14(21)19-12-8-6-5-7-11(12)17-18-19;1-5-11(16)19-8-7-15-13(18)21-10-9-20-12(17)14(3,4)6-2/h8-15H,6-7,16-18H2,1-5H3;5-8H,4,9-10H2,1-3H3,(H,16,21);5H,1,6-10H2,2-4H3,(H,15,18)/b29-19+;;. The van der Waals surface area contributed by atoms with Gasteiger partial charge in [0, 0.05) is 21.4 Å². The van der Waals surface area contributed by atoms with Crippen LogP contribution >= 0.6 is 11.8 Å². The Balaban J connectivity index is 0.000000437. The van der Waals surface area contributed by atoms with Crippen molar-refractivity contribution in [1.29, 1.82) is 0 Å². The zero-order valence-electron chi connectivity index (χ0n) is 47.6. The number of ketones is 1. The van der Waals surface area contributed by atoms with Crippen LogP contribution in [0.5, 0.6) is 5.75 Å². The van der Waals surface area contributed by atoms with Crippen LogP contribution in [0.2, 0.25) is 0 Å². The number of nitrogens with zero attached hydrogens (tertiary/aromatic N) is 4. The van der Waals surface area contributed by atoms with Crippen LogP contribution < -0.4 is 15.4 Å². The van der Waals surface area contributed by atoms with Crippen LogP contribution in [0.1, 0.15) is 125 Å². The van der Waals surface area contributed by atoms with Gasteiger partial charge in [0.1, 0.15) is 43.4 Å². The van der Waals surface area contributed by atoms with E-state index in [1.807, 2.05) is 79.7 Å². The number of aromatic nitrogens is 3. The Morgan fingerprint density at radius 2 is 1.15 bits per heavy atom. The molecule has 23 heteroatoms. The molecular weight excluding hydrogens is 1060 g/mol. The van der Waals surface area contributed by atoms with Gasteiger partial charge in [-0.3, -0.25) is 24.0 Å². The van der Waals surface area contributed by atoms with E-state index >= 15 is 0 Å². The summed E-state index contributed by atoms with van der Waals surface area (Å²) in [5.41, 5.74) is 0.0898. The Morgan fingerprint density at radius 1 is 0.625 bits per heavy atom. The van der Waals surface area contributed by atoms with Crippen LogP contribution in [0.3, 0.4) is 0 Å². The maximum absolute atomic E-state index is 12.6. The van der Waals surface area contributed by atoms with Crippen LogP contribution in [0.4, 0.5) is 9.59 Å². The molecule has 0 fully saturated rings. The number of esters is 5. The minimum Gasteiger partial charge on any atom is -0.466 e. The number of hydrogen-bond donors (Lipinski definition) is 2. The number of alkyl carbamates (subject to hydrolysis) is 1. The lowest BCUT2D eigenvalue weighted by Gasteiger charge is -2.20. The lowest BCUT2D eigenvalue weighted by molar-refractivity contribution is -0.155. The van der Waals surface area contributed by atoms with Crippen molar-refractivity contribution in [3.05, 3.63) is 91.0 Å². The van der Waals surface area contributed by atoms with E-state index in [-0.39, 0.29) is 81.8 Å². The number of ether oxygens (including phenoxy) is 6. The minimum atomic E-state index is -0.720. The molecule has 0 saturated heterocycles. The number of Topliss-reactive ketones (excluding diaryl/α,β-unsaturated/α-hetero) is 1. The molecule has 2 amide bonds. The smallest absolute Gasteiger partial charge is 0.407 e. The number of nitrogens with one attached hydrogen (secondary N) is 2. The van der Waals surface area contributed by atoms with Gasteiger partial charge >= 0.3 is 47.9 Å². The van der Waals surface area contributed by atoms with Crippen molar-refractivity contribution < 1.29 is 76.4 Å². The van der Waals surface area contributed by atoms with Crippen LogP contribution in [0.15, 0.2) is 100 Å². The molecule has 2 N–H and O–H groups in total. The first-order valence-corrected chi connectivity index (χ1v) is 26.8. The largest absolute Gasteiger partial charge is 0.466 e. The first kappa shape index (κ1) is 68.2. The van der Waals surface area contributed by atoms with Gasteiger partial charge in [-0.25, -0.2) is 19.2 Å².